The lowest BCUT2D eigenvalue weighted by Gasteiger charge is -2.16. The SMILES string of the molecule is CN=C(NCc1ccc(C)cc1OCC1CCOC1)NCC(F)F.I. The van der Waals surface area contributed by atoms with Crippen LogP contribution in [0.4, 0.5) is 8.78 Å². The Balaban J connectivity index is 0.00000312. The molecule has 0 spiro atoms. The Morgan fingerprint density at radius 3 is 2.84 bits per heavy atom. The lowest BCUT2D eigenvalue weighted by Crippen LogP contribution is -2.39. The summed E-state index contributed by atoms with van der Waals surface area (Å²) < 4.78 is 35.9. The molecule has 0 bridgehead atoms. The lowest BCUT2D eigenvalue weighted by molar-refractivity contribution is 0.152. The van der Waals surface area contributed by atoms with E-state index in [1.54, 1.807) is 7.05 Å². The molecule has 1 aromatic rings. The molecule has 0 radical (unpaired) electrons. The van der Waals surface area contributed by atoms with Gasteiger partial charge in [-0.3, -0.25) is 4.99 Å². The molecule has 1 aromatic carbocycles. The monoisotopic (exact) mass is 469 g/mol. The van der Waals surface area contributed by atoms with Crippen molar-refractivity contribution < 1.29 is 18.3 Å². The van der Waals surface area contributed by atoms with E-state index in [9.17, 15) is 8.78 Å². The fourth-order valence-electron chi connectivity index (χ4n) is 2.44. The van der Waals surface area contributed by atoms with Gasteiger partial charge in [-0.1, -0.05) is 12.1 Å². The second-order valence-electron chi connectivity index (χ2n) is 5.85. The van der Waals surface area contributed by atoms with Crippen molar-refractivity contribution in [3.63, 3.8) is 0 Å². The first kappa shape index (κ1) is 21.9. The number of aryl methyl sites for hydroxylation is 1. The van der Waals surface area contributed by atoms with Crippen LogP contribution in [0.5, 0.6) is 5.75 Å². The van der Waals surface area contributed by atoms with Gasteiger partial charge in [-0.05, 0) is 25.0 Å². The molecule has 1 heterocycles. The number of aliphatic imine (C=N–C) groups is 1. The molecule has 2 N–H and O–H groups in total. The van der Waals surface area contributed by atoms with Crippen molar-refractivity contribution >= 4 is 29.9 Å². The summed E-state index contributed by atoms with van der Waals surface area (Å²) in [6.45, 7) is 4.17. The maximum atomic E-state index is 12.3. The smallest absolute Gasteiger partial charge is 0.255 e. The fraction of sp³-hybridized carbons (Fsp3) is 0.588. The number of alkyl halides is 2. The Labute approximate surface area is 164 Å². The maximum absolute atomic E-state index is 12.3. The molecule has 1 atom stereocenters. The van der Waals surface area contributed by atoms with Crippen LogP contribution in [0.2, 0.25) is 0 Å². The summed E-state index contributed by atoms with van der Waals surface area (Å²) in [5.41, 5.74) is 2.07. The van der Waals surface area contributed by atoms with Crippen LogP contribution in [0.1, 0.15) is 17.5 Å². The second kappa shape index (κ2) is 11.5. The number of guanidine groups is 1. The Hall–Kier alpha value is -1.16. The van der Waals surface area contributed by atoms with Crippen LogP contribution in [0.15, 0.2) is 23.2 Å². The highest BCUT2D eigenvalue weighted by molar-refractivity contribution is 14.0. The van der Waals surface area contributed by atoms with Gasteiger partial charge in [0.1, 0.15) is 5.75 Å². The third-order valence-electron chi connectivity index (χ3n) is 3.81. The van der Waals surface area contributed by atoms with Gasteiger partial charge in [0.2, 0.25) is 0 Å². The van der Waals surface area contributed by atoms with Gasteiger partial charge in [-0.25, -0.2) is 8.78 Å². The summed E-state index contributed by atoms with van der Waals surface area (Å²) in [4.78, 5) is 3.94. The van der Waals surface area contributed by atoms with Crippen LogP contribution < -0.4 is 15.4 Å². The molecule has 142 valence electrons. The summed E-state index contributed by atoms with van der Waals surface area (Å²) >= 11 is 0. The Morgan fingerprint density at radius 1 is 1.40 bits per heavy atom. The van der Waals surface area contributed by atoms with E-state index in [1.165, 1.54) is 0 Å². The van der Waals surface area contributed by atoms with Crippen LogP contribution >= 0.6 is 24.0 Å². The molecule has 0 aromatic heterocycles. The van der Waals surface area contributed by atoms with Crippen molar-refractivity contribution in [2.45, 2.75) is 26.3 Å². The molecule has 0 aliphatic carbocycles. The van der Waals surface area contributed by atoms with Gasteiger partial charge < -0.3 is 20.1 Å². The van der Waals surface area contributed by atoms with E-state index >= 15 is 0 Å². The predicted octanol–water partition coefficient (Wildman–Crippen LogP) is 2.96. The van der Waals surface area contributed by atoms with Crippen molar-refractivity contribution in [1.29, 1.82) is 0 Å². The minimum atomic E-state index is -2.42. The minimum absolute atomic E-state index is 0. The quantitative estimate of drug-likeness (QED) is 0.367. The highest BCUT2D eigenvalue weighted by atomic mass is 127. The molecule has 1 aliphatic rings. The first-order valence-corrected chi connectivity index (χ1v) is 8.11. The normalized spacial score (nSPS) is 17.3. The molecule has 2 rings (SSSR count). The van der Waals surface area contributed by atoms with E-state index in [-0.39, 0.29) is 24.0 Å². The number of rotatable bonds is 7. The summed E-state index contributed by atoms with van der Waals surface area (Å²) in [5.74, 6) is 1.57. The van der Waals surface area contributed by atoms with Gasteiger partial charge in [0, 0.05) is 31.7 Å². The number of hydrogen-bond acceptors (Lipinski definition) is 3. The zero-order valence-corrected chi connectivity index (χ0v) is 16.9. The van der Waals surface area contributed by atoms with E-state index in [1.807, 2.05) is 25.1 Å². The van der Waals surface area contributed by atoms with Crippen molar-refractivity contribution in [3.05, 3.63) is 29.3 Å². The highest BCUT2D eigenvalue weighted by Crippen LogP contribution is 2.22. The van der Waals surface area contributed by atoms with Crippen LogP contribution in [0.3, 0.4) is 0 Å². The molecule has 1 fully saturated rings. The molecular weight excluding hydrogens is 443 g/mol. The Morgan fingerprint density at radius 2 is 2.20 bits per heavy atom. The topological polar surface area (TPSA) is 54.9 Å². The summed E-state index contributed by atoms with van der Waals surface area (Å²) in [5, 5.41) is 5.61. The molecule has 25 heavy (non-hydrogen) atoms. The minimum Gasteiger partial charge on any atom is -0.493 e. The fourth-order valence-corrected chi connectivity index (χ4v) is 2.44. The van der Waals surface area contributed by atoms with E-state index in [2.05, 4.69) is 15.6 Å². The van der Waals surface area contributed by atoms with Crippen LogP contribution in [0.25, 0.3) is 0 Å². The lowest BCUT2D eigenvalue weighted by atomic mass is 10.1. The largest absolute Gasteiger partial charge is 0.493 e. The number of nitrogens with one attached hydrogen (secondary N) is 2. The number of ether oxygens (including phenoxy) is 2. The highest BCUT2D eigenvalue weighted by Gasteiger charge is 2.17. The predicted molar refractivity (Wildman–Crippen MR) is 105 cm³/mol. The first-order valence-electron chi connectivity index (χ1n) is 8.11. The Kier molecular flexibility index (Phi) is 10.0. The van der Waals surface area contributed by atoms with Crippen molar-refractivity contribution in [2.24, 2.45) is 10.9 Å². The third-order valence-corrected chi connectivity index (χ3v) is 3.81. The molecule has 0 amide bonds. The molecule has 8 heteroatoms. The van der Waals surface area contributed by atoms with E-state index in [4.69, 9.17) is 9.47 Å². The van der Waals surface area contributed by atoms with Gasteiger partial charge in [0.15, 0.2) is 5.96 Å². The molecule has 1 aliphatic heterocycles. The van der Waals surface area contributed by atoms with E-state index in [0.29, 0.717) is 25.0 Å². The van der Waals surface area contributed by atoms with Crippen LogP contribution in [-0.2, 0) is 11.3 Å². The van der Waals surface area contributed by atoms with Gasteiger partial charge in [-0.2, -0.15) is 0 Å². The van der Waals surface area contributed by atoms with E-state index in [0.717, 1.165) is 36.5 Å². The van der Waals surface area contributed by atoms with E-state index < -0.39 is 13.0 Å². The number of hydrogen-bond donors (Lipinski definition) is 2. The van der Waals surface area contributed by atoms with Crippen molar-refractivity contribution in [1.82, 2.24) is 10.6 Å². The molecule has 5 nitrogen and oxygen atoms in total. The average molecular weight is 469 g/mol. The zero-order valence-electron chi connectivity index (χ0n) is 14.6. The van der Waals surface area contributed by atoms with Gasteiger partial charge in [-0.15, -0.1) is 24.0 Å². The average Bonchev–Trinajstić information content (AvgIpc) is 3.07. The standard InChI is InChI=1S/C17H25F2N3O2.HI/c1-12-3-4-14(8-21-17(20-2)22-9-16(18)19)15(7-12)24-11-13-5-6-23-10-13;/h3-4,7,13,16H,5-6,8-11H2,1-2H3,(H2,20,21,22);1H. The molecule has 1 unspecified atom stereocenters. The first-order chi connectivity index (χ1) is 11.6. The van der Waals surface area contributed by atoms with Crippen LogP contribution in [0, 0.1) is 12.8 Å². The molecule has 0 saturated carbocycles. The third kappa shape index (κ3) is 7.72. The number of halogens is 3. The molecule has 1 saturated heterocycles. The second-order valence-corrected chi connectivity index (χ2v) is 5.85. The van der Waals surface area contributed by atoms with Gasteiger partial charge in [0.05, 0.1) is 19.8 Å². The maximum Gasteiger partial charge on any atom is 0.255 e. The van der Waals surface area contributed by atoms with Gasteiger partial charge >= 0.3 is 0 Å². The van der Waals surface area contributed by atoms with Crippen molar-refractivity contribution in [3.8, 4) is 5.75 Å². The summed E-state index contributed by atoms with van der Waals surface area (Å²) in [6, 6.07) is 5.96. The van der Waals surface area contributed by atoms with Crippen LogP contribution in [-0.4, -0.2) is 45.8 Å². The zero-order chi connectivity index (χ0) is 17.4. The molecular formula is C17H26F2IN3O2. The number of nitrogens with zero attached hydrogens (tertiary/aromatic N) is 1. The Bertz CT molecular complexity index is 553. The summed E-state index contributed by atoms with van der Waals surface area (Å²) in [6.07, 6.45) is -1.40. The number of benzene rings is 1. The van der Waals surface area contributed by atoms with Gasteiger partial charge in [0.25, 0.3) is 6.43 Å². The van der Waals surface area contributed by atoms with Crippen molar-refractivity contribution in [2.75, 3.05) is 33.4 Å². The summed E-state index contributed by atoms with van der Waals surface area (Å²) in [7, 11) is 1.55.